The molecular formula is C19H22BrNO4. The predicted octanol–water partition coefficient (Wildman–Crippen LogP) is 4.71. The summed E-state index contributed by atoms with van der Waals surface area (Å²) in [5.41, 5.74) is 0.0443. The average molecular weight is 408 g/mol. The number of nitro groups is 1. The molecule has 0 N–H and O–H groups in total. The van der Waals surface area contributed by atoms with Crippen LogP contribution >= 0.6 is 15.9 Å². The minimum atomic E-state index is -0.630. The number of carbonyl (C=O) groups excluding carboxylic acids is 1. The Bertz CT molecular complexity index is 720. The second-order valence-electron chi connectivity index (χ2n) is 6.91. The molecule has 2 rings (SSSR count). The summed E-state index contributed by atoms with van der Waals surface area (Å²) in [4.78, 5) is 22.7. The van der Waals surface area contributed by atoms with E-state index in [4.69, 9.17) is 4.74 Å². The molecule has 6 heteroatoms. The summed E-state index contributed by atoms with van der Waals surface area (Å²) in [6, 6.07) is 4.57. The van der Waals surface area contributed by atoms with Crippen molar-refractivity contribution in [1.29, 1.82) is 0 Å². The molecule has 25 heavy (non-hydrogen) atoms. The van der Waals surface area contributed by atoms with Gasteiger partial charge in [0.2, 0.25) is 0 Å². The van der Waals surface area contributed by atoms with Gasteiger partial charge in [0.15, 0.2) is 0 Å². The molecule has 1 saturated carbocycles. The second-order valence-corrected chi connectivity index (χ2v) is 7.77. The largest absolute Gasteiger partial charge is 0.452 e. The Labute approximate surface area is 156 Å². The van der Waals surface area contributed by atoms with Gasteiger partial charge in [0.05, 0.1) is 4.92 Å². The van der Waals surface area contributed by atoms with Gasteiger partial charge >= 0.3 is 5.97 Å². The van der Waals surface area contributed by atoms with Crippen molar-refractivity contribution in [3.8, 4) is 11.8 Å². The summed E-state index contributed by atoms with van der Waals surface area (Å²) < 4.78 is 6.08. The predicted molar refractivity (Wildman–Crippen MR) is 98.9 cm³/mol. The Hall–Kier alpha value is -1.87. The van der Waals surface area contributed by atoms with Gasteiger partial charge in [0.25, 0.3) is 5.69 Å². The fraction of sp³-hybridized carbons (Fsp3) is 0.526. The zero-order chi connectivity index (χ0) is 18.6. The maximum absolute atomic E-state index is 12.2. The quantitative estimate of drug-likeness (QED) is 0.314. The van der Waals surface area contributed by atoms with E-state index in [1.807, 2.05) is 0 Å². The summed E-state index contributed by atoms with van der Waals surface area (Å²) in [5.74, 6) is 5.66. The van der Waals surface area contributed by atoms with Crippen LogP contribution in [-0.4, -0.2) is 17.0 Å². The molecule has 0 radical (unpaired) electrons. The normalized spacial score (nSPS) is 22.8. The molecule has 0 heterocycles. The number of ether oxygens (including phenoxy) is 1. The first-order valence-corrected chi connectivity index (χ1v) is 9.24. The van der Waals surface area contributed by atoms with Crippen LogP contribution in [0.4, 0.5) is 5.69 Å². The number of esters is 1. The first kappa shape index (κ1) is 19.5. The SMILES string of the molecule is CC(C)[C@@H]1CC[C@@H](C)C[C@H]1OC(=O)C#Cc1c(Br)cccc1[N+](=O)[O-]. The number of benzene rings is 1. The fourth-order valence-electron chi connectivity index (χ4n) is 3.32. The third-order valence-electron chi connectivity index (χ3n) is 4.70. The van der Waals surface area contributed by atoms with E-state index in [1.165, 1.54) is 6.07 Å². The molecule has 0 unspecified atom stereocenters. The van der Waals surface area contributed by atoms with E-state index < -0.39 is 10.9 Å². The lowest BCUT2D eigenvalue weighted by Gasteiger charge is -2.36. The Morgan fingerprint density at radius 3 is 2.76 bits per heavy atom. The van der Waals surface area contributed by atoms with Crippen molar-refractivity contribution in [2.75, 3.05) is 0 Å². The van der Waals surface area contributed by atoms with Crippen molar-refractivity contribution in [3.63, 3.8) is 0 Å². The van der Waals surface area contributed by atoms with Crippen molar-refractivity contribution in [2.45, 2.75) is 46.1 Å². The van der Waals surface area contributed by atoms with E-state index in [0.717, 1.165) is 19.3 Å². The number of halogens is 1. The average Bonchev–Trinajstić information content (AvgIpc) is 2.53. The second kappa shape index (κ2) is 8.48. The molecule has 5 nitrogen and oxygen atoms in total. The topological polar surface area (TPSA) is 69.4 Å². The van der Waals surface area contributed by atoms with Gasteiger partial charge in [-0.15, -0.1) is 0 Å². The highest BCUT2D eigenvalue weighted by Crippen LogP contribution is 2.35. The van der Waals surface area contributed by atoms with E-state index >= 15 is 0 Å². The smallest absolute Gasteiger partial charge is 0.384 e. The summed E-state index contributed by atoms with van der Waals surface area (Å²) in [6.45, 7) is 6.43. The van der Waals surface area contributed by atoms with Crippen LogP contribution in [0.25, 0.3) is 0 Å². The number of nitro benzene ring substituents is 1. The van der Waals surface area contributed by atoms with Gasteiger partial charge in [0, 0.05) is 16.5 Å². The first-order chi connectivity index (χ1) is 11.8. The summed E-state index contributed by atoms with van der Waals surface area (Å²) >= 11 is 3.24. The van der Waals surface area contributed by atoms with Crippen LogP contribution in [0.3, 0.4) is 0 Å². The maximum Gasteiger partial charge on any atom is 0.384 e. The monoisotopic (exact) mass is 407 g/mol. The van der Waals surface area contributed by atoms with Gasteiger partial charge in [-0.05, 0) is 58.5 Å². The lowest BCUT2D eigenvalue weighted by Crippen LogP contribution is -2.35. The molecule has 0 amide bonds. The highest BCUT2D eigenvalue weighted by atomic mass is 79.9. The zero-order valence-corrected chi connectivity index (χ0v) is 16.2. The van der Waals surface area contributed by atoms with Gasteiger partial charge in [0.1, 0.15) is 11.7 Å². The molecule has 1 aromatic carbocycles. The van der Waals surface area contributed by atoms with Crippen LogP contribution in [0.5, 0.6) is 0 Å². The molecule has 0 saturated heterocycles. The molecule has 0 bridgehead atoms. The third-order valence-corrected chi connectivity index (χ3v) is 5.36. The van der Waals surface area contributed by atoms with Crippen LogP contribution in [0.15, 0.2) is 22.7 Å². The van der Waals surface area contributed by atoms with Crippen LogP contribution in [-0.2, 0) is 9.53 Å². The molecule has 1 aromatic rings. The fourth-order valence-corrected chi connectivity index (χ4v) is 3.77. The van der Waals surface area contributed by atoms with Crippen LogP contribution in [0, 0.1) is 39.7 Å². The molecule has 1 aliphatic rings. The van der Waals surface area contributed by atoms with Crippen molar-refractivity contribution in [2.24, 2.45) is 17.8 Å². The number of carbonyl (C=O) groups is 1. The van der Waals surface area contributed by atoms with Gasteiger partial charge < -0.3 is 4.74 Å². The Morgan fingerprint density at radius 2 is 2.12 bits per heavy atom. The van der Waals surface area contributed by atoms with Crippen LogP contribution < -0.4 is 0 Å². The Kier molecular flexibility index (Phi) is 6.60. The van der Waals surface area contributed by atoms with Crippen LogP contribution in [0.1, 0.15) is 45.6 Å². The highest BCUT2D eigenvalue weighted by Gasteiger charge is 2.33. The summed E-state index contributed by atoms with van der Waals surface area (Å²) in [7, 11) is 0. The molecule has 1 fully saturated rings. The van der Waals surface area contributed by atoms with Crippen LogP contribution in [0.2, 0.25) is 0 Å². The van der Waals surface area contributed by atoms with Gasteiger partial charge in [-0.3, -0.25) is 10.1 Å². The molecule has 134 valence electrons. The van der Waals surface area contributed by atoms with E-state index in [2.05, 4.69) is 48.5 Å². The number of rotatable bonds is 3. The van der Waals surface area contributed by atoms with Crippen molar-refractivity contribution >= 4 is 27.6 Å². The molecular weight excluding hydrogens is 386 g/mol. The van der Waals surface area contributed by atoms with E-state index in [1.54, 1.807) is 12.1 Å². The Morgan fingerprint density at radius 1 is 1.40 bits per heavy atom. The minimum absolute atomic E-state index is 0.138. The molecule has 0 aromatic heterocycles. The minimum Gasteiger partial charge on any atom is -0.452 e. The highest BCUT2D eigenvalue weighted by molar-refractivity contribution is 9.10. The van der Waals surface area contributed by atoms with Gasteiger partial charge in [-0.2, -0.15) is 0 Å². The number of hydrogen-bond donors (Lipinski definition) is 0. The van der Waals surface area contributed by atoms with Gasteiger partial charge in [-0.25, -0.2) is 4.79 Å². The summed E-state index contributed by atoms with van der Waals surface area (Å²) in [6.07, 6.45) is 2.89. The zero-order valence-electron chi connectivity index (χ0n) is 14.6. The lowest BCUT2D eigenvalue weighted by molar-refractivity contribution is -0.385. The van der Waals surface area contributed by atoms with E-state index in [0.29, 0.717) is 22.2 Å². The Balaban J connectivity index is 2.16. The standard InChI is InChI=1S/C19H22BrNO4/c1-12(2)14-8-7-13(3)11-18(14)25-19(22)10-9-15-16(20)5-4-6-17(15)21(23)24/h4-6,12-14,18H,7-8,11H2,1-3H3/t13-,14+,18-/m1/s1. The molecule has 1 aliphatic carbocycles. The number of nitrogens with zero attached hydrogens (tertiary/aromatic N) is 1. The lowest BCUT2D eigenvalue weighted by atomic mass is 9.75. The van der Waals surface area contributed by atoms with Crippen molar-refractivity contribution < 1.29 is 14.5 Å². The maximum atomic E-state index is 12.2. The number of hydrogen-bond acceptors (Lipinski definition) is 4. The summed E-state index contributed by atoms with van der Waals surface area (Å²) in [5, 5.41) is 11.1. The van der Waals surface area contributed by atoms with Crippen molar-refractivity contribution in [3.05, 3.63) is 38.3 Å². The molecule has 3 atom stereocenters. The third kappa shape index (κ3) is 5.05. The molecule has 0 spiro atoms. The van der Waals surface area contributed by atoms with Gasteiger partial charge in [-0.1, -0.05) is 33.3 Å². The van der Waals surface area contributed by atoms with E-state index in [9.17, 15) is 14.9 Å². The van der Waals surface area contributed by atoms with Crippen molar-refractivity contribution in [1.82, 2.24) is 0 Å². The first-order valence-electron chi connectivity index (χ1n) is 8.45. The molecule has 0 aliphatic heterocycles. The van der Waals surface area contributed by atoms with E-state index in [-0.39, 0.29) is 17.4 Å².